The molecule has 1 aromatic carbocycles. The first-order chi connectivity index (χ1) is 16.0. The minimum atomic E-state index is -1.16. The molecule has 1 saturated carbocycles. The number of aliphatic carboxylic acids is 1. The van der Waals surface area contributed by atoms with Crippen molar-refractivity contribution in [3.8, 4) is 0 Å². The number of ether oxygens (including phenoxy) is 1. The quantitative estimate of drug-likeness (QED) is 0.506. The molecule has 0 spiro atoms. The number of nitrogens with one attached hydrogen (secondary N) is 2. The molecule has 2 aliphatic rings. The van der Waals surface area contributed by atoms with Crippen LogP contribution >= 0.6 is 0 Å². The van der Waals surface area contributed by atoms with E-state index < -0.39 is 23.7 Å². The second kappa shape index (κ2) is 10.7. The van der Waals surface area contributed by atoms with E-state index in [1.54, 1.807) is 0 Å². The van der Waals surface area contributed by atoms with Gasteiger partial charge < -0.3 is 20.5 Å². The van der Waals surface area contributed by atoms with Gasteiger partial charge in [-0.15, -0.1) is 0 Å². The van der Waals surface area contributed by atoms with Crippen molar-refractivity contribution < 1.29 is 23.8 Å². The third kappa shape index (κ3) is 6.07. The van der Waals surface area contributed by atoms with Crippen LogP contribution in [0.3, 0.4) is 0 Å². The summed E-state index contributed by atoms with van der Waals surface area (Å²) in [5.41, 5.74) is 2.24. The zero-order valence-corrected chi connectivity index (χ0v) is 18.6. The van der Waals surface area contributed by atoms with Crippen molar-refractivity contribution >= 4 is 17.7 Å². The highest BCUT2D eigenvalue weighted by Crippen LogP contribution is 2.34. The Morgan fingerprint density at radius 3 is 2.85 bits per heavy atom. The molecule has 1 aromatic heterocycles. The van der Waals surface area contributed by atoms with Crippen LogP contribution in [0.2, 0.25) is 0 Å². The summed E-state index contributed by atoms with van der Waals surface area (Å²) in [6, 6.07) is 8.67. The Morgan fingerprint density at radius 1 is 1.24 bits per heavy atom. The topological polar surface area (TPSA) is 101 Å². The van der Waals surface area contributed by atoms with Crippen molar-refractivity contribution in [2.24, 2.45) is 5.92 Å². The summed E-state index contributed by atoms with van der Waals surface area (Å²) in [7, 11) is 0. The summed E-state index contributed by atoms with van der Waals surface area (Å²) in [4.78, 5) is 28.4. The Balaban J connectivity index is 1.15. The van der Waals surface area contributed by atoms with Crippen LogP contribution in [0.4, 0.5) is 10.2 Å². The summed E-state index contributed by atoms with van der Waals surface area (Å²) in [6.07, 6.45) is 6.38. The van der Waals surface area contributed by atoms with Gasteiger partial charge in [0.05, 0.1) is 11.7 Å². The number of benzene rings is 1. The zero-order chi connectivity index (χ0) is 23.2. The van der Waals surface area contributed by atoms with Crippen molar-refractivity contribution in [1.82, 2.24) is 10.3 Å². The Morgan fingerprint density at radius 2 is 2.06 bits per heavy atom. The number of nitrogens with zero attached hydrogens (tertiary/aromatic N) is 1. The van der Waals surface area contributed by atoms with Crippen LogP contribution in [0.25, 0.3) is 0 Å². The summed E-state index contributed by atoms with van der Waals surface area (Å²) < 4.78 is 19.6. The van der Waals surface area contributed by atoms with Crippen LogP contribution in [-0.4, -0.2) is 47.3 Å². The van der Waals surface area contributed by atoms with Crippen molar-refractivity contribution in [3.05, 3.63) is 59.0 Å². The number of carboxylic acid groups (broad SMARTS) is 1. The summed E-state index contributed by atoms with van der Waals surface area (Å²) in [6.45, 7) is 1.21. The molecule has 1 amide bonds. The lowest BCUT2D eigenvalue weighted by Gasteiger charge is -2.35. The minimum absolute atomic E-state index is 0.116. The molecule has 0 bridgehead atoms. The van der Waals surface area contributed by atoms with Gasteiger partial charge in [-0.1, -0.05) is 18.2 Å². The fourth-order valence-corrected chi connectivity index (χ4v) is 4.40. The fraction of sp³-hybridized carbons (Fsp3) is 0.480. The van der Waals surface area contributed by atoms with Crippen LogP contribution in [0.1, 0.15) is 53.7 Å². The van der Waals surface area contributed by atoms with Crippen LogP contribution in [0.15, 0.2) is 36.4 Å². The molecular formula is C25H30FN3O4. The number of amides is 1. The summed E-state index contributed by atoms with van der Waals surface area (Å²) in [5, 5.41) is 15.1. The normalized spacial score (nSPS) is 20.2. The molecule has 2 aromatic rings. The average Bonchev–Trinajstić information content (AvgIpc) is 2.79. The van der Waals surface area contributed by atoms with Crippen molar-refractivity contribution in [2.45, 2.75) is 57.1 Å². The van der Waals surface area contributed by atoms with Crippen LogP contribution in [0.5, 0.6) is 0 Å². The number of anilines is 1. The number of carbonyl (C=O) groups excluding carboxylic acids is 1. The predicted molar refractivity (Wildman–Crippen MR) is 122 cm³/mol. The molecule has 1 atom stereocenters. The van der Waals surface area contributed by atoms with Gasteiger partial charge in [-0.05, 0) is 68.2 Å². The maximum Gasteiger partial charge on any atom is 0.326 e. The number of hydrogen-bond acceptors (Lipinski definition) is 5. The second-order valence-electron chi connectivity index (χ2n) is 8.84. The highest BCUT2D eigenvalue weighted by atomic mass is 19.1. The van der Waals surface area contributed by atoms with Crippen LogP contribution in [-0.2, 0) is 22.4 Å². The van der Waals surface area contributed by atoms with Gasteiger partial charge in [0.1, 0.15) is 17.7 Å². The first kappa shape index (κ1) is 23.2. The summed E-state index contributed by atoms with van der Waals surface area (Å²) >= 11 is 0. The molecule has 0 saturated heterocycles. The number of carboxylic acids is 1. The molecule has 33 heavy (non-hydrogen) atoms. The lowest BCUT2D eigenvalue weighted by molar-refractivity contribution is -0.140. The van der Waals surface area contributed by atoms with E-state index in [4.69, 9.17) is 9.72 Å². The van der Waals surface area contributed by atoms with E-state index in [1.165, 1.54) is 29.8 Å². The number of fused-ring (bicyclic) bond motifs is 1. The maximum absolute atomic E-state index is 13.7. The SMILES string of the molecule is O=C(NC(CCO[C@H]1C[C@H](CCc2ccc3c(n2)NCCC3)C1)C(=O)O)c1ccccc1F. The van der Waals surface area contributed by atoms with E-state index in [1.807, 2.05) is 0 Å². The molecule has 0 radical (unpaired) electrons. The Hall–Kier alpha value is -3.00. The molecular weight excluding hydrogens is 425 g/mol. The second-order valence-corrected chi connectivity index (χ2v) is 8.84. The molecule has 4 rings (SSSR count). The van der Waals surface area contributed by atoms with Crippen molar-refractivity contribution in [3.63, 3.8) is 0 Å². The van der Waals surface area contributed by atoms with Crippen molar-refractivity contribution in [2.75, 3.05) is 18.5 Å². The van der Waals surface area contributed by atoms with Gasteiger partial charge in [-0.2, -0.15) is 0 Å². The van der Waals surface area contributed by atoms with E-state index in [2.05, 4.69) is 22.8 Å². The molecule has 1 fully saturated rings. The third-order valence-corrected chi connectivity index (χ3v) is 6.43. The van der Waals surface area contributed by atoms with Gasteiger partial charge >= 0.3 is 5.97 Å². The Labute approximate surface area is 192 Å². The van der Waals surface area contributed by atoms with Gasteiger partial charge in [0.15, 0.2) is 0 Å². The number of pyridine rings is 1. The highest BCUT2D eigenvalue weighted by Gasteiger charge is 2.30. The number of rotatable bonds is 10. The van der Waals surface area contributed by atoms with Crippen LogP contribution in [0, 0.1) is 11.7 Å². The van der Waals surface area contributed by atoms with Gasteiger partial charge in [-0.25, -0.2) is 14.2 Å². The molecule has 1 unspecified atom stereocenters. The first-order valence-corrected chi connectivity index (χ1v) is 11.6. The number of hydrogen-bond donors (Lipinski definition) is 3. The molecule has 1 aliphatic carbocycles. The van der Waals surface area contributed by atoms with E-state index in [0.29, 0.717) is 5.92 Å². The zero-order valence-electron chi connectivity index (χ0n) is 18.6. The predicted octanol–water partition coefficient (Wildman–Crippen LogP) is 3.58. The molecule has 176 valence electrons. The fourth-order valence-electron chi connectivity index (χ4n) is 4.40. The molecule has 3 N–H and O–H groups in total. The highest BCUT2D eigenvalue weighted by molar-refractivity contribution is 5.96. The molecule has 8 heteroatoms. The number of carbonyl (C=O) groups is 2. The Bertz CT molecular complexity index is 993. The minimum Gasteiger partial charge on any atom is -0.480 e. The number of aromatic nitrogens is 1. The lowest BCUT2D eigenvalue weighted by atomic mass is 9.79. The smallest absolute Gasteiger partial charge is 0.326 e. The number of aryl methyl sites for hydroxylation is 2. The number of halogens is 1. The first-order valence-electron chi connectivity index (χ1n) is 11.6. The molecule has 2 heterocycles. The van der Waals surface area contributed by atoms with Crippen LogP contribution < -0.4 is 10.6 Å². The van der Waals surface area contributed by atoms with Crippen molar-refractivity contribution in [1.29, 1.82) is 0 Å². The monoisotopic (exact) mass is 455 g/mol. The van der Waals surface area contributed by atoms with Gasteiger partial charge in [0.2, 0.25) is 0 Å². The van der Waals surface area contributed by atoms with Gasteiger partial charge in [0.25, 0.3) is 5.91 Å². The summed E-state index contributed by atoms with van der Waals surface area (Å²) in [5.74, 6) is -0.977. The maximum atomic E-state index is 13.7. The Kier molecular flexibility index (Phi) is 7.54. The van der Waals surface area contributed by atoms with Gasteiger partial charge in [-0.3, -0.25) is 4.79 Å². The van der Waals surface area contributed by atoms with E-state index in [9.17, 15) is 19.1 Å². The van der Waals surface area contributed by atoms with E-state index in [-0.39, 0.29) is 24.7 Å². The molecule has 7 nitrogen and oxygen atoms in total. The lowest BCUT2D eigenvalue weighted by Crippen LogP contribution is -2.42. The third-order valence-electron chi connectivity index (χ3n) is 6.43. The van der Waals surface area contributed by atoms with Gasteiger partial charge in [0, 0.05) is 25.3 Å². The largest absolute Gasteiger partial charge is 0.480 e. The average molecular weight is 456 g/mol. The van der Waals surface area contributed by atoms with E-state index >= 15 is 0 Å². The molecule has 1 aliphatic heterocycles. The van der Waals surface area contributed by atoms with E-state index in [0.717, 1.165) is 56.6 Å². The standard InChI is InChI=1S/C25H30FN3O4/c26-21-6-2-1-5-20(21)24(30)29-22(25(31)32)11-13-33-19-14-16(15-19)7-9-18-10-8-17-4-3-12-27-23(17)28-18/h1-2,5-6,8,10,16,19,22H,3-4,7,9,11-15H2,(H,27,28)(H,29,30)(H,31,32)/t16-,19-,22?.